The Kier molecular flexibility index (Phi) is 6.74. The van der Waals surface area contributed by atoms with Crippen molar-refractivity contribution in [1.29, 1.82) is 0 Å². The third-order valence-corrected chi connectivity index (χ3v) is 5.62. The molecule has 4 aromatic rings. The Hall–Kier alpha value is -4.06. The van der Waals surface area contributed by atoms with E-state index in [1.807, 2.05) is 78.3 Å². The van der Waals surface area contributed by atoms with Gasteiger partial charge in [-0.2, -0.15) is 0 Å². The van der Waals surface area contributed by atoms with Crippen molar-refractivity contribution >= 4 is 11.9 Å². The number of anilines is 1. The Labute approximate surface area is 193 Å². The number of nitrogens with one attached hydrogen (secondary N) is 1. The number of methoxy groups -OCH3 is 2. The molecule has 168 valence electrons. The zero-order chi connectivity index (χ0) is 23.2. The van der Waals surface area contributed by atoms with Gasteiger partial charge in [-0.3, -0.25) is 10.1 Å². The number of carbonyl (C=O) groups excluding carboxylic acids is 1. The van der Waals surface area contributed by atoms with Gasteiger partial charge in [0, 0.05) is 31.1 Å². The fraction of sp³-hybridized carbons (Fsp3) is 0.185. The Balaban J connectivity index is 1.65. The summed E-state index contributed by atoms with van der Waals surface area (Å²) in [4.78, 5) is 17.6. The van der Waals surface area contributed by atoms with Crippen LogP contribution in [0.4, 0.5) is 5.95 Å². The molecule has 33 heavy (non-hydrogen) atoms. The molecule has 0 fully saturated rings. The van der Waals surface area contributed by atoms with Crippen molar-refractivity contribution in [2.45, 2.75) is 12.8 Å². The van der Waals surface area contributed by atoms with Gasteiger partial charge in [0.1, 0.15) is 11.5 Å². The van der Waals surface area contributed by atoms with Crippen LogP contribution in [0.5, 0.6) is 11.5 Å². The number of carbonyl (C=O) groups is 1. The summed E-state index contributed by atoms with van der Waals surface area (Å²) in [6.07, 6.45) is 1.32. The molecule has 0 spiro atoms. The predicted molar refractivity (Wildman–Crippen MR) is 129 cm³/mol. The lowest BCUT2D eigenvalue weighted by Gasteiger charge is -2.09. The lowest BCUT2D eigenvalue weighted by atomic mass is 10.0. The zero-order valence-corrected chi connectivity index (χ0v) is 19.0. The van der Waals surface area contributed by atoms with Crippen molar-refractivity contribution in [2.75, 3.05) is 19.5 Å². The van der Waals surface area contributed by atoms with E-state index >= 15 is 0 Å². The predicted octanol–water partition coefficient (Wildman–Crippen LogP) is 4.87. The molecule has 6 heteroatoms. The van der Waals surface area contributed by atoms with Crippen molar-refractivity contribution in [3.63, 3.8) is 0 Å². The first-order valence-electron chi connectivity index (χ1n) is 10.7. The summed E-state index contributed by atoms with van der Waals surface area (Å²) < 4.78 is 12.5. The number of hydrogen-bond donors (Lipinski definition) is 1. The highest BCUT2D eigenvalue weighted by Crippen LogP contribution is 2.24. The van der Waals surface area contributed by atoms with E-state index < -0.39 is 0 Å². The molecule has 4 rings (SSSR count). The third-order valence-electron chi connectivity index (χ3n) is 5.62. The summed E-state index contributed by atoms with van der Waals surface area (Å²) in [6.45, 7) is 0. The summed E-state index contributed by atoms with van der Waals surface area (Å²) in [6, 6.07) is 25.1. The molecular formula is C27H27N3O3. The fourth-order valence-electron chi connectivity index (χ4n) is 3.70. The largest absolute Gasteiger partial charge is 0.497 e. The van der Waals surface area contributed by atoms with Crippen LogP contribution in [0.1, 0.15) is 32.9 Å². The highest BCUT2D eigenvalue weighted by atomic mass is 16.5. The maximum Gasteiger partial charge on any atom is 0.257 e. The number of rotatable bonds is 8. The lowest BCUT2D eigenvalue weighted by molar-refractivity contribution is 0.102. The number of benzene rings is 3. The van der Waals surface area contributed by atoms with Gasteiger partial charge in [0.05, 0.1) is 19.9 Å². The summed E-state index contributed by atoms with van der Waals surface area (Å²) in [5.41, 5.74) is 4.80. The SMILES string of the molecule is COc1ccc(Cc2nc(NC(=O)c3ccccc3)n(C)c2Cc2ccc(OC)cc2)cc1. The van der Waals surface area contributed by atoms with Gasteiger partial charge in [0.25, 0.3) is 5.91 Å². The number of nitrogens with zero attached hydrogens (tertiary/aromatic N) is 2. The van der Waals surface area contributed by atoms with Crippen LogP contribution in [0.15, 0.2) is 78.9 Å². The van der Waals surface area contributed by atoms with Crippen molar-refractivity contribution < 1.29 is 14.3 Å². The second-order valence-electron chi connectivity index (χ2n) is 7.76. The maximum absolute atomic E-state index is 12.8. The Morgan fingerprint density at radius 2 is 1.36 bits per heavy atom. The van der Waals surface area contributed by atoms with Crippen LogP contribution in [0.25, 0.3) is 0 Å². The van der Waals surface area contributed by atoms with Gasteiger partial charge in [-0.15, -0.1) is 0 Å². The molecular weight excluding hydrogens is 414 g/mol. The van der Waals surface area contributed by atoms with Gasteiger partial charge in [0.15, 0.2) is 0 Å². The number of hydrogen-bond acceptors (Lipinski definition) is 4. The van der Waals surface area contributed by atoms with Gasteiger partial charge in [-0.05, 0) is 47.5 Å². The molecule has 0 radical (unpaired) electrons. The molecule has 3 aromatic carbocycles. The molecule has 0 atom stereocenters. The standard InChI is InChI=1S/C27H27N3O3/c1-30-25(18-20-11-15-23(33-3)16-12-20)24(17-19-9-13-22(32-2)14-10-19)28-27(30)29-26(31)21-7-5-4-6-8-21/h4-16H,17-18H2,1-3H3,(H,28,29,31). The van der Waals surface area contributed by atoms with E-state index in [9.17, 15) is 4.79 Å². The number of amides is 1. The number of imidazole rings is 1. The molecule has 1 amide bonds. The molecule has 0 saturated carbocycles. The minimum Gasteiger partial charge on any atom is -0.497 e. The molecule has 0 unspecified atom stereocenters. The second-order valence-corrected chi connectivity index (χ2v) is 7.76. The van der Waals surface area contributed by atoms with E-state index in [4.69, 9.17) is 14.5 Å². The molecule has 6 nitrogen and oxygen atoms in total. The molecule has 0 aliphatic rings. The van der Waals surface area contributed by atoms with Crippen LogP contribution >= 0.6 is 0 Å². The van der Waals surface area contributed by atoms with E-state index in [0.29, 0.717) is 24.4 Å². The maximum atomic E-state index is 12.8. The van der Waals surface area contributed by atoms with Crippen molar-refractivity contribution in [3.05, 3.63) is 107 Å². The van der Waals surface area contributed by atoms with Crippen LogP contribution in [0.2, 0.25) is 0 Å². The van der Waals surface area contributed by atoms with Crippen molar-refractivity contribution in [3.8, 4) is 11.5 Å². The molecule has 1 aromatic heterocycles. The van der Waals surface area contributed by atoms with Gasteiger partial charge in [0.2, 0.25) is 5.95 Å². The average Bonchev–Trinajstić information content (AvgIpc) is 3.14. The first kappa shape index (κ1) is 22.1. The first-order chi connectivity index (χ1) is 16.1. The molecule has 1 heterocycles. The highest BCUT2D eigenvalue weighted by Gasteiger charge is 2.18. The lowest BCUT2D eigenvalue weighted by Crippen LogP contribution is -2.15. The normalized spacial score (nSPS) is 10.6. The van der Waals surface area contributed by atoms with E-state index in [1.54, 1.807) is 26.4 Å². The van der Waals surface area contributed by atoms with Crippen LogP contribution in [0.3, 0.4) is 0 Å². The average molecular weight is 442 g/mol. The van der Waals surface area contributed by atoms with Crippen molar-refractivity contribution in [2.24, 2.45) is 7.05 Å². The van der Waals surface area contributed by atoms with Gasteiger partial charge in [-0.25, -0.2) is 4.98 Å². The Morgan fingerprint density at radius 3 is 1.91 bits per heavy atom. The number of aromatic nitrogens is 2. The van der Waals surface area contributed by atoms with Crippen LogP contribution in [-0.4, -0.2) is 29.7 Å². The van der Waals surface area contributed by atoms with E-state index in [-0.39, 0.29) is 5.91 Å². The minimum atomic E-state index is -0.185. The van der Waals surface area contributed by atoms with Crippen LogP contribution < -0.4 is 14.8 Å². The third kappa shape index (κ3) is 5.23. The van der Waals surface area contributed by atoms with Crippen LogP contribution in [-0.2, 0) is 19.9 Å². The topological polar surface area (TPSA) is 65.4 Å². The zero-order valence-electron chi connectivity index (χ0n) is 19.0. The van der Waals surface area contributed by atoms with E-state index in [2.05, 4.69) is 5.32 Å². The summed E-state index contributed by atoms with van der Waals surface area (Å²) >= 11 is 0. The number of ether oxygens (including phenoxy) is 2. The molecule has 0 aliphatic carbocycles. The fourth-order valence-corrected chi connectivity index (χ4v) is 3.70. The highest BCUT2D eigenvalue weighted by molar-refractivity contribution is 6.03. The second kappa shape index (κ2) is 10.0. The van der Waals surface area contributed by atoms with E-state index in [1.165, 1.54) is 0 Å². The molecule has 0 bridgehead atoms. The smallest absolute Gasteiger partial charge is 0.257 e. The Bertz CT molecular complexity index is 1210. The summed E-state index contributed by atoms with van der Waals surface area (Å²) in [7, 11) is 5.25. The quantitative estimate of drug-likeness (QED) is 0.424. The minimum absolute atomic E-state index is 0.185. The summed E-state index contributed by atoms with van der Waals surface area (Å²) in [5, 5.41) is 2.97. The molecule has 0 aliphatic heterocycles. The Morgan fingerprint density at radius 1 is 0.818 bits per heavy atom. The van der Waals surface area contributed by atoms with E-state index in [0.717, 1.165) is 34.0 Å². The van der Waals surface area contributed by atoms with Gasteiger partial charge < -0.3 is 14.0 Å². The first-order valence-corrected chi connectivity index (χ1v) is 10.7. The summed E-state index contributed by atoms with van der Waals surface area (Å²) in [5.74, 6) is 1.97. The van der Waals surface area contributed by atoms with Crippen LogP contribution in [0, 0.1) is 0 Å². The van der Waals surface area contributed by atoms with Crippen molar-refractivity contribution in [1.82, 2.24) is 9.55 Å². The van der Waals surface area contributed by atoms with Gasteiger partial charge >= 0.3 is 0 Å². The molecule has 1 N–H and O–H groups in total. The van der Waals surface area contributed by atoms with Gasteiger partial charge in [-0.1, -0.05) is 42.5 Å². The monoisotopic (exact) mass is 441 g/mol. The molecule has 0 saturated heterocycles.